The second-order valence-electron chi connectivity index (χ2n) is 2.60. The van der Waals surface area contributed by atoms with Crippen LogP contribution in [0.3, 0.4) is 0 Å². The van der Waals surface area contributed by atoms with Gasteiger partial charge in [-0.1, -0.05) is 19.0 Å². The Hall–Kier alpha value is -0.730. The number of azide groups is 1. The lowest BCUT2D eigenvalue weighted by Crippen LogP contribution is -2.30. The number of ether oxygens (including phenoxy) is 1. The Labute approximate surface area is 60.8 Å². The van der Waals surface area contributed by atoms with Gasteiger partial charge in [-0.25, -0.2) is 0 Å². The van der Waals surface area contributed by atoms with Crippen LogP contribution in [0.25, 0.3) is 10.4 Å². The third-order valence-corrected chi connectivity index (χ3v) is 1.73. The van der Waals surface area contributed by atoms with Crippen molar-refractivity contribution in [1.29, 1.82) is 0 Å². The van der Waals surface area contributed by atoms with Crippen LogP contribution in [-0.2, 0) is 4.74 Å². The second-order valence-corrected chi connectivity index (χ2v) is 2.60. The van der Waals surface area contributed by atoms with Gasteiger partial charge in [0.2, 0.25) is 0 Å². The van der Waals surface area contributed by atoms with Crippen LogP contribution in [0.15, 0.2) is 5.11 Å². The van der Waals surface area contributed by atoms with Gasteiger partial charge in [-0.3, -0.25) is 0 Å². The molecule has 0 aromatic carbocycles. The monoisotopic (exact) mass is 143 g/mol. The van der Waals surface area contributed by atoms with E-state index in [0.29, 0.717) is 0 Å². The van der Waals surface area contributed by atoms with Crippen molar-refractivity contribution in [3.8, 4) is 0 Å². The highest BCUT2D eigenvalue weighted by molar-refractivity contribution is 4.75. The molecule has 58 valence electrons. The third kappa shape index (κ3) is 1.90. The zero-order valence-electron chi connectivity index (χ0n) is 6.83. The first-order valence-electron chi connectivity index (χ1n) is 3.18. The number of hydrogen-bond acceptors (Lipinski definition) is 2. The van der Waals surface area contributed by atoms with Crippen LogP contribution < -0.4 is 0 Å². The molecular weight excluding hydrogens is 130 g/mol. The zero-order chi connectivity index (χ0) is 8.20. The summed E-state index contributed by atoms with van der Waals surface area (Å²) < 4.78 is 5.02. The average molecular weight is 143 g/mol. The summed E-state index contributed by atoms with van der Waals surface area (Å²) in [5.74, 6) is 0.188. The van der Waals surface area contributed by atoms with E-state index >= 15 is 0 Å². The first kappa shape index (κ1) is 9.27. The molecule has 0 spiro atoms. The molecule has 0 rings (SSSR count). The van der Waals surface area contributed by atoms with Gasteiger partial charge in [0.25, 0.3) is 0 Å². The number of rotatable bonds is 3. The first-order chi connectivity index (χ1) is 4.56. The van der Waals surface area contributed by atoms with Gasteiger partial charge in [0.15, 0.2) is 0 Å². The summed E-state index contributed by atoms with van der Waals surface area (Å²) in [6.07, 6.45) is 0. The fourth-order valence-corrected chi connectivity index (χ4v) is 0.481. The predicted octanol–water partition coefficient (Wildman–Crippen LogP) is 2.32. The van der Waals surface area contributed by atoms with Gasteiger partial charge >= 0.3 is 0 Å². The quantitative estimate of drug-likeness (QED) is 0.339. The molecule has 4 nitrogen and oxygen atoms in total. The van der Waals surface area contributed by atoms with E-state index < -0.39 is 5.72 Å². The lowest BCUT2D eigenvalue weighted by Gasteiger charge is -2.26. The Bertz CT molecular complexity index is 151. The van der Waals surface area contributed by atoms with Crippen molar-refractivity contribution < 1.29 is 4.74 Å². The van der Waals surface area contributed by atoms with E-state index in [4.69, 9.17) is 10.3 Å². The molecule has 0 radical (unpaired) electrons. The Morgan fingerprint density at radius 1 is 1.60 bits per heavy atom. The van der Waals surface area contributed by atoms with Crippen molar-refractivity contribution >= 4 is 0 Å². The number of hydrogen-bond donors (Lipinski definition) is 0. The van der Waals surface area contributed by atoms with Gasteiger partial charge in [-0.05, 0) is 18.4 Å². The van der Waals surface area contributed by atoms with Crippen molar-refractivity contribution in [2.45, 2.75) is 26.5 Å². The Morgan fingerprint density at radius 2 is 2.10 bits per heavy atom. The molecule has 4 heteroatoms. The van der Waals surface area contributed by atoms with Crippen molar-refractivity contribution in [3.63, 3.8) is 0 Å². The SMILES string of the molecule is COC(C)(N=[N+]=[N-])C(C)C. The molecule has 0 aliphatic rings. The molecular formula is C6H13N3O. The molecule has 0 aliphatic carbocycles. The van der Waals surface area contributed by atoms with Crippen LogP contribution in [-0.4, -0.2) is 12.8 Å². The fourth-order valence-electron chi connectivity index (χ4n) is 0.481. The summed E-state index contributed by atoms with van der Waals surface area (Å²) in [5, 5.41) is 3.53. The van der Waals surface area contributed by atoms with E-state index in [2.05, 4.69) is 10.0 Å². The molecule has 1 atom stereocenters. The van der Waals surface area contributed by atoms with Crippen LogP contribution in [0.1, 0.15) is 20.8 Å². The van der Waals surface area contributed by atoms with Gasteiger partial charge in [0.1, 0.15) is 5.72 Å². The minimum absolute atomic E-state index is 0.188. The van der Waals surface area contributed by atoms with Crippen LogP contribution >= 0.6 is 0 Å². The van der Waals surface area contributed by atoms with Crippen LogP contribution in [0.2, 0.25) is 0 Å². The molecule has 0 heterocycles. The Balaban J connectivity index is 4.37. The molecule has 0 aliphatic heterocycles. The largest absolute Gasteiger partial charge is 0.372 e. The highest BCUT2D eigenvalue weighted by atomic mass is 16.5. The summed E-state index contributed by atoms with van der Waals surface area (Å²) >= 11 is 0. The van der Waals surface area contributed by atoms with Crippen molar-refractivity contribution in [2.24, 2.45) is 11.0 Å². The zero-order valence-corrected chi connectivity index (χ0v) is 6.83. The summed E-state index contributed by atoms with van der Waals surface area (Å²) in [7, 11) is 1.54. The fraction of sp³-hybridized carbons (Fsp3) is 1.00. The van der Waals surface area contributed by atoms with E-state index in [9.17, 15) is 0 Å². The summed E-state index contributed by atoms with van der Waals surface area (Å²) in [6.45, 7) is 5.65. The topological polar surface area (TPSA) is 58.0 Å². The van der Waals surface area contributed by atoms with E-state index in [1.807, 2.05) is 13.8 Å². The molecule has 0 aromatic heterocycles. The molecule has 0 amide bonds. The highest BCUT2D eigenvalue weighted by Gasteiger charge is 2.25. The molecule has 0 N–H and O–H groups in total. The molecule has 0 bridgehead atoms. The normalized spacial score (nSPS) is 16.1. The maximum atomic E-state index is 8.16. The maximum absolute atomic E-state index is 8.16. The summed E-state index contributed by atoms with van der Waals surface area (Å²) in [4.78, 5) is 2.70. The maximum Gasteiger partial charge on any atom is 0.146 e. The van der Waals surface area contributed by atoms with Gasteiger partial charge in [-0.2, -0.15) is 0 Å². The van der Waals surface area contributed by atoms with Crippen LogP contribution in [0.4, 0.5) is 0 Å². The first-order valence-corrected chi connectivity index (χ1v) is 3.18. The van der Waals surface area contributed by atoms with Crippen molar-refractivity contribution in [2.75, 3.05) is 7.11 Å². The van der Waals surface area contributed by atoms with Gasteiger partial charge in [0, 0.05) is 12.0 Å². The lowest BCUT2D eigenvalue weighted by atomic mass is 10.0. The number of nitrogens with zero attached hydrogens (tertiary/aromatic N) is 3. The van der Waals surface area contributed by atoms with Crippen molar-refractivity contribution in [1.82, 2.24) is 0 Å². The van der Waals surface area contributed by atoms with E-state index in [-0.39, 0.29) is 5.92 Å². The Kier molecular flexibility index (Phi) is 3.19. The van der Waals surface area contributed by atoms with Crippen LogP contribution in [0.5, 0.6) is 0 Å². The molecule has 0 saturated heterocycles. The smallest absolute Gasteiger partial charge is 0.146 e. The number of methoxy groups -OCH3 is 1. The summed E-state index contributed by atoms with van der Waals surface area (Å²) in [6, 6.07) is 0. The molecule has 10 heavy (non-hydrogen) atoms. The molecule has 0 saturated carbocycles. The van der Waals surface area contributed by atoms with E-state index in [1.54, 1.807) is 6.92 Å². The predicted molar refractivity (Wildman–Crippen MR) is 39.4 cm³/mol. The summed E-state index contributed by atoms with van der Waals surface area (Å²) in [5.41, 5.74) is 7.46. The van der Waals surface area contributed by atoms with Crippen molar-refractivity contribution in [3.05, 3.63) is 10.4 Å². The Morgan fingerprint density at radius 3 is 2.20 bits per heavy atom. The van der Waals surface area contributed by atoms with E-state index in [0.717, 1.165) is 0 Å². The minimum atomic E-state index is -0.700. The standard InChI is InChI=1S/C6H13N3O/c1-5(2)6(3,10-4)8-9-7/h5H,1-4H3. The van der Waals surface area contributed by atoms with Gasteiger partial charge < -0.3 is 4.74 Å². The molecule has 0 aromatic rings. The average Bonchev–Trinajstić information content (AvgIpc) is 1.88. The highest BCUT2D eigenvalue weighted by Crippen LogP contribution is 2.21. The minimum Gasteiger partial charge on any atom is -0.372 e. The third-order valence-electron chi connectivity index (χ3n) is 1.73. The molecule has 0 fully saturated rings. The van der Waals surface area contributed by atoms with Gasteiger partial charge in [0.05, 0.1) is 0 Å². The van der Waals surface area contributed by atoms with Gasteiger partial charge in [-0.15, -0.1) is 0 Å². The molecule has 1 unspecified atom stereocenters. The van der Waals surface area contributed by atoms with E-state index in [1.165, 1.54) is 7.11 Å². The lowest BCUT2D eigenvalue weighted by molar-refractivity contribution is -0.0260. The van der Waals surface area contributed by atoms with Crippen LogP contribution in [0, 0.1) is 5.92 Å². The second kappa shape index (κ2) is 3.44.